The Labute approximate surface area is 134 Å². The van der Waals surface area contributed by atoms with Crippen molar-refractivity contribution in [2.75, 3.05) is 12.3 Å². The van der Waals surface area contributed by atoms with Crippen LogP contribution >= 0.6 is 11.8 Å². The SMILES string of the molecule is CC(C)C(NC(N)=O)C(=O)NCCCSc1ccc(F)cc1. The van der Waals surface area contributed by atoms with Crippen molar-refractivity contribution < 1.29 is 14.0 Å². The number of nitrogens with two attached hydrogens (primary N) is 1. The number of hydrogen-bond acceptors (Lipinski definition) is 3. The van der Waals surface area contributed by atoms with Crippen molar-refractivity contribution in [2.45, 2.75) is 31.2 Å². The molecule has 0 bridgehead atoms. The third-order valence-corrected chi connectivity index (χ3v) is 4.05. The molecule has 3 amide bonds. The van der Waals surface area contributed by atoms with Crippen LogP contribution in [0.4, 0.5) is 9.18 Å². The lowest BCUT2D eigenvalue weighted by Gasteiger charge is -2.20. The maximum absolute atomic E-state index is 12.8. The molecule has 1 rings (SSSR count). The molecule has 0 aliphatic rings. The van der Waals surface area contributed by atoms with Gasteiger partial charge in [0.2, 0.25) is 5.91 Å². The lowest BCUT2D eigenvalue weighted by atomic mass is 10.0. The van der Waals surface area contributed by atoms with Gasteiger partial charge >= 0.3 is 6.03 Å². The molecule has 1 unspecified atom stereocenters. The summed E-state index contributed by atoms with van der Waals surface area (Å²) in [5, 5.41) is 5.22. The fourth-order valence-electron chi connectivity index (χ4n) is 1.80. The summed E-state index contributed by atoms with van der Waals surface area (Å²) in [5.41, 5.74) is 5.06. The number of thioether (sulfide) groups is 1. The van der Waals surface area contributed by atoms with Crippen molar-refractivity contribution in [3.8, 4) is 0 Å². The highest BCUT2D eigenvalue weighted by molar-refractivity contribution is 7.99. The van der Waals surface area contributed by atoms with Crippen molar-refractivity contribution in [1.29, 1.82) is 0 Å². The maximum atomic E-state index is 12.8. The van der Waals surface area contributed by atoms with E-state index in [2.05, 4.69) is 10.6 Å². The molecule has 0 saturated heterocycles. The van der Waals surface area contributed by atoms with Crippen LogP contribution in [-0.4, -0.2) is 30.3 Å². The molecule has 7 heteroatoms. The predicted molar refractivity (Wildman–Crippen MR) is 86.1 cm³/mol. The molecule has 0 spiro atoms. The van der Waals surface area contributed by atoms with Crippen molar-refractivity contribution in [3.05, 3.63) is 30.1 Å². The van der Waals surface area contributed by atoms with Gasteiger partial charge in [0.1, 0.15) is 11.9 Å². The summed E-state index contributed by atoms with van der Waals surface area (Å²) in [7, 11) is 0. The number of carbonyl (C=O) groups excluding carboxylic acids is 2. The maximum Gasteiger partial charge on any atom is 0.312 e. The van der Waals surface area contributed by atoms with E-state index in [0.29, 0.717) is 6.54 Å². The third kappa shape index (κ3) is 6.80. The van der Waals surface area contributed by atoms with Crippen LogP contribution in [0.1, 0.15) is 20.3 Å². The molecule has 4 N–H and O–H groups in total. The molecule has 0 fully saturated rings. The lowest BCUT2D eigenvalue weighted by Crippen LogP contribution is -2.51. The van der Waals surface area contributed by atoms with E-state index in [0.717, 1.165) is 17.1 Å². The number of hydrogen-bond donors (Lipinski definition) is 3. The summed E-state index contributed by atoms with van der Waals surface area (Å²) in [6, 6.07) is 4.97. The van der Waals surface area contributed by atoms with E-state index in [1.54, 1.807) is 23.9 Å². The molecule has 0 heterocycles. The topological polar surface area (TPSA) is 84.2 Å². The number of urea groups is 1. The summed E-state index contributed by atoms with van der Waals surface area (Å²) in [6.45, 7) is 4.19. The monoisotopic (exact) mass is 327 g/mol. The normalized spacial score (nSPS) is 12.0. The number of halogens is 1. The van der Waals surface area contributed by atoms with Gasteiger partial charge in [-0.25, -0.2) is 9.18 Å². The van der Waals surface area contributed by atoms with Crippen molar-refractivity contribution in [1.82, 2.24) is 10.6 Å². The lowest BCUT2D eigenvalue weighted by molar-refractivity contribution is -0.123. The highest BCUT2D eigenvalue weighted by atomic mass is 32.2. The van der Waals surface area contributed by atoms with Gasteiger partial charge in [0.25, 0.3) is 0 Å². The standard InChI is InChI=1S/C15H22FN3O2S/c1-10(2)13(19-15(17)21)14(20)18-8-3-9-22-12-6-4-11(16)5-7-12/h4-7,10,13H,3,8-9H2,1-2H3,(H,18,20)(H3,17,19,21). The number of rotatable bonds is 8. The average Bonchev–Trinajstić information content (AvgIpc) is 2.45. The second-order valence-electron chi connectivity index (χ2n) is 5.18. The zero-order valence-electron chi connectivity index (χ0n) is 12.8. The van der Waals surface area contributed by atoms with Gasteiger partial charge < -0.3 is 16.4 Å². The Hall–Kier alpha value is -1.76. The Morgan fingerprint density at radius 1 is 1.27 bits per heavy atom. The first kappa shape index (κ1) is 18.3. The van der Waals surface area contributed by atoms with Gasteiger partial charge in [-0.15, -0.1) is 11.8 Å². The second-order valence-corrected chi connectivity index (χ2v) is 6.35. The first-order chi connectivity index (χ1) is 10.4. The summed E-state index contributed by atoms with van der Waals surface area (Å²) in [4.78, 5) is 23.8. The van der Waals surface area contributed by atoms with Crippen LogP contribution in [-0.2, 0) is 4.79 Å². The first-order valence-electron chi connectivity index (χ1n) is 7.12. The molecule has 0 aromatic heterocycles. The van der Waals surface area contributed by atoms with Gasteiger partial charge in [0.05, 0.1) is 0 Å². The molecular formula is C15H22FN3O2S. The molecule has 22 heavy (non-hydrogen) atoms. The van der Waals surface area contributed by atoms with Crippen LogP contribution in [0.2, 0.25) is 0 Å². The van der Waals surface area contributed by atoms with Crippen LogP contribution in [0, 0.1) is 11.7 Å². The van der Waals surface area contributed by atoms with Gasteiger partial charge in [-0.2, -0.15) is 0 Å². The molecule has 0 aliphatic heterocycles. The van der Waals surface area contributed by atoms with Crippen LogP contribution in [0.5, 0.6) is 0 Å². The zero-order chi connectivity index (χ0) is 16.5. The number of benzene rings is 1. The smallest absolute Gasteiger partial charge is 0.312 e. The van der Waals surface area contributed by atoms with Gasteiger partial charge in [-0.05, 0) is 42.4 Å². The number of amides is 3. The third-order valence-electron chi connectivity index (χ3n) is 2.95. The van der Waals surface area contributed by atoms with Crippen molar-refractivity contribution in [3.63, 3.8) is 0 Å². The van der Waals surface area contributed by atoms with Crippen molar-refractivity contribution in [2.24, 2.45) is 11.7 Å². The van der Waals surface area contributed by atoms with Gasteiger partial charge in [-0.3, -0.25) is 4.79 Å². The fourth-order valence-corrected chi connectivity index (χ4v) is 2.66. The van der Waals surface area contributed by atoms with E-state index in [4.69, 9.17) is 5.73 Å². The largest absolute Gasteiger partial charge is 0.354 e. The van der Waals surface area contributed by atoms with Gasteiger partial charge in [-0.1, -0.05) is 13.8 Å². The summed E-state index contributed by atoms with van der Waals surface area (Å²) in [5.74, 6) is 0.279. The highest BCUT2D eigenvalue weighted by Crippen LogP contribution is 2.18. The average molecular weight is 327 g/mol. The molecule has 5 nitrogen and oxygen atoms in total. The predicted octanol–water partition coefficient (Wildman–Crippen LogP) is 2.12. The number of carbonyl (C=O) groups is 2. The molecule has 122 valence electrons. The Kier molecular flexibility index (Phi) is 7.73. The van der Waals surface area contributed by atoms with E-state index >= 15 is 0 Å². The number of primary amides is 1. The highest BCUT2D eigenvalue weighted by Gasteiger charge is 2.22. The van der Waals surface area contributed by atoms with E-state index in [1.807, 2.05) is 13.8 Å². The van der Waals surface area contributed by atoms with Crippen LogP contribution in [0.15, 0.2) is 29.2 Å². The molecule has 0 saturated carbocycles. The Balaban J connectivity index is 2.26. The minimum atomic E-state index is -0.708. The Morgan fingerprint density at radius 3 is 2.45 bits per heavy atom. The summed E-state index contributed by atoms with van der Waals surface area (Å²) >= 11 is 1.60. The van der Waals surface area contributed by atoms with Crippen LogP contribution in [0.3, 0.4) is 0 Å². The molecule has 1 aromatic rings. The second kappa shape index (κ2) is 9.30. The molecule has 0 aliphatic carbocycles. The van der Waals surface area contributed by atoms with Gasteiger partial charge in [0.15, 0.2) is 0 Å². The van der Waals surface area contributed by atoms with E-state index < -0.39 is 12.1 Å². The molecule has 1 atom stereocenters. The quantitative estimate of drug-likeness (QED) is 0.505. The number of nitrogens with one attached hydrogen (secondary N) is 2. The zero-order valence-corrected chi connectivity index (χ0v) is 13.6. The first-order valence-corrected chi connectivity index (χ1v) is 8.10. The van der Waals surface area contributed by atoms with Crippen LogP contribution in [0.25, 0.3) is 0 Å². The Morgan fingerprint density at radius 2 is 1.91 bits per heavy atom. The fraction of sp³-hybridized carbons (Fsp3) is 0.467. The van der Waals surface area contributed by atoms with Crippen LogP contribution < -0.4 is 16.4 Å². The summed E-state index contributed by atoms with van der Waals surface area (Å²) in [6.07, 6.45) is 0.773. The van der Waals surface area contributed by atoms with Crippen molar-refractivity contribution >= 4 is 23.7 Å². The minimum Gasteiger partial charge on any atom is -0.354 e. The summed E-state index contributed by atoms with van der Waals surface area (Å²) < 4.78 is 12.8. The minimum absolute atomic E-state index is 0.0407. The van der Waals surface area contributed by atoms with Gasteiger partial charge in [0, 0.05) is 11.4 Å². The van der Waals surface area contributed by atoms with E-state index in [9.17, 15) is 14.0 Å². The van der Waals surface area contributed by atoms with E-state index in [-0.39, 0.29) is 17.6 Å². The molecule has 1 aromatic carbocycles. The molecular weight excluding hydrogens is 305 g/mol. The Bertz CT molecular complexity index is 494. The molecule has 0 radical (unpaired) electrons. The van der Waals surface area contributed by atoms with E-state index in [1.165, 1.54) is 12.1 Å².